The summed E-state index contributed by atoms with van der Waals surface area (Å²) in [6.07, 6.45) is 1.86. The smallest absolute Gasteiger partial charge is 0.274 e. The molecule has 1 N–H and O–H groups in total. The van der Waals surface area contributed by atoms with Crippen LogP contribution >= 0.6 is 0 Å². The average molecular weight is 383 g/mol. The van der Waals surface area contributed by atoms with Gasteiger partial charge in [0.25, 0.3) is 5.91 Å². The number of aromatic nitrogens is 2. The van der Waals surface area contributed by atoms with Crippen molar-refractivity contribution in [2.75, 3.05) is 49.6 Å². The van der Waals surface area contributed by atoms with Crippen LogP contribution in [-0.4, -0.2) is 60.4 Å². The fourth-order valence-electron chi connectivity index (χ4n) is 3.33. The summed E-state index contributed by atoms with van der Waals surface area (Å²) < 4.78 is 5.45. The van der Waals surface area contributed by atoms with Gasteiger partial charge in [-0.05, 0) is 37.1 Å². The number of hydrogen-bond donors (Lipinski definition) is 1. The molecule has 0 bridgehead atoms. The Kier molecular flexibility index (Phi) is 7.19. The minimum Gasteiger partial charge on any atom is -0.378 e. The van der Waals surface area contributed by atoms with Gasteiger partial charge < -0.3 is 19.9 Å². The van der Waals surface area contributed by atoms with Crippen LogP contribution < -0.4 is 10.2 Å². The molecule has 0 radical (unpaired) electrons. The molecule has 0 aliphatic carbocycles. The molecule has 7 nitrogen and oxygen atoms in total. The minimum atomic E-state index is -0.0588. The van der Waals surface area contributed by atoms with Crippen molar-refractivity contribution >= 4 is 23.1 Å². The zero-order valence-electron chi connectivity index (χ0n) is 16.7. The molecule has 1 aromatic carbocycles. The highest BCUT2D eigenvalue weighted by molar-refractivity contribution is 5.92. The first-order chi connectivity index (χ1) is 13.7. The van der Waals surface area contributed by atoms with Crippen LogP contribution in [0.1, 0.15) is 37.2 Å². The van der Waals surface area contributed by atoms with E-state index in [2.05, 4.69) is 40.3 Å². The Bertz CT molecular complexity index is 754. The van der Waals surface area contributed by atoms with Gasteiger partial charge in [-0.2, -0.15) is 0 Å². The lowest BCUT2D eigenvalue weighted by Crippen LogP contribution is -2.36. The largest absolute Gasteiger partial charge is 0.378 e. The number of para-hydroxylation sites is 2. The zero-order valence-corrected chi connectivity index (χ0v) is 16.7. The molecule has 28 heavy (non-hydrogen) atoms. The summed E-state index contributed by atoms with van der Waals surface area (Å²) in [6.45, 7) is 8.81. The molecular weight excluding hydrogens is 354 g/mol. The van der Waals surface area contributed by atoms with E-state index in [1.807, 2.05) is 29.2 Å². The van der Waals surface area contributed by atoms with Crippen molar-refractivity contribution in [3.63, 3.8) is 0 Å². The van der Waals surface area contributed by atoms with Gasteiger partial charge in [0, 0.05) is 26.2 Å². The second-order valence-electron chi connectivity index (χ2n) is 6.84. The molecular formula is C21H29N5O2. The minimum absolute atomic E-state index is 0.0588. The highest BCUT2D eigenvalue weighted by atomic mass is 16.5. The SMILES string of the molecule is CCCN(CCC)C(=O)c1ccc(Nc2ccccc2N2CCOCC2)nn1. The number of nitrogens with zero attached hydrogens (tertiary/aromatic N) is 4. The van der Waals surface area contributed by atoms with E-state index < -0.39 is 0 Å². The molecule has 1 fully saturated rings. The van der Waals surface area contributed by atoms with Crippen LogP contribution in [-0.2, 0) is 4.74 Å². The van der Waals surface area contributed by atoms with E-state index >= 15 is 0 Å². The van der Waals surface area contributed by atoms with E-state index in [9.17, 15) is 4.79 Å². The van der Waals surface area contributed by atoms with Gasteiger partial charge in [-0.3, -0.25) is 4.79 Å². The molecule has 0 atom stereocenters. The molecule has 3 rings (SSSR count). The number of anilines is 3. The predicted octanol–water partition coefficient (Wildman–Crippen LogP) is 3.32. The topological polar surface area (TPSA) is 70.6 Å². The van der Waals surface area contributed by atoms with Gasteiger partial charge in [0.15, 0.2) is 11.5 Å². The van der Waals surface area contributed by atoms with Crippen LogP contribution in [0.5, 0.6) is 0 Å². The maximum atomic E-state index is 12.6. The molecule has 1 amide bonds. The van der Waals surface area contributed by atoms with Crippen LogP contribution in [0.3, 0.4) is 0 Å². The number of ether oxygens (including phenoxy) is 1. The van der Waals surface area contributed by atoms with E-state index in [0.29, 0.717) is 11.5 Å². The van der Waals surface area contributed by atoms with Crippen molar-refractivity contribution < 1.29 is 9.53 Å². The number of benzene rings is 1. The standard InChI is InChI=1S/C21H29N5O2/c1-3-11-26(12-4-2)21(27)18-9-10-20(24-23-18)22-17-7-5-6-8-19(17)25-13-15-28-16-14-25/h5-10H,3-4,11-16H2,1-2H3,(H,22,24). The van der Waals surface area contributed by atoms with Gasteiger partial charge in [-0.15, -0.1) is 10.2 Å². The number of hydrogen-bond acceptors (Lipinski definition) is 6. The Morgan fingerprint density at radius 1 is 1.07 bits per heavy atom. The normalized spacial score (nSPS) is 14.0. The average Bonchev–Trinajstić information content (AvgIpc) is 2.75. The molecule has 2 aromatic rings. The maximum absolute atomic E-state index is 12.6. The van der Waals surface area contributed by atoms with Gasteiger partial charge in [0.1, 0.15) is 0 Å². The van der Waals surface area contributed by atoms with Crippen LogP contribution in [0.4, 0.5) is 17.2 Å². The Balaban J connectivity index is 1.72. The van der Waals surface area contributed by atoms with E-state index in [4.69, 9.17) is 4.74 Å². The molecule has 0 unspecified atom stereocenters. The summed E-state index contributed by atoms with van der Waals surface area (Å²) >= 11 is 0. The fourth-order valence-corrected chi connectivity index (χ4v) is 3.33. The lowest BCUT2D eigenvalue weighted by molar-refractivity contribution is 0.0748. The van der Waals surface area contributed by atoms with Crippen LogP contribution in [0.25, 0.3) is 0 Å². The van der Waals surface area contributed by atoms with Crippen molar-refractivity contribution in [1.82, 2.24) is 15.1 Å². The lowest BCUT2D eigenvalue weighted by atomic mass is 10.2. The Hall–Kier alpha value is -2.67. The second kappa shape index (κ2) is 10.0. The number of carbonyl (C=O) groups excluding carboxylic acids is 1. The van der Waals surface area contributed by atoms with Gasteiger partial charge >= 0.3 is 0 Å². The quantitative estimate of drug-likeness (QED) is 0.754. The first-order valence-electron chi connectivity index (χ1n) is 10.0. The van der Waals surface area contributed by atoms with Gasteiger partial charge in [-0.1, -0.05) is 26.0 Å². The Morgan fingerprint density at radius 3 is 2.43 bits per heavy atom. The summed E-state index contributed by atoms with van der Waals surface area (Å²) in [5.41, 5.74) is 2.47. The van der Waals surface area contributed by atoms with Crippen molar-refractivity contribution in [1.29, 1.82) is 0 Å². The Morgan fingerprint density at radius 2 is 1.79 bits per heavy atom. The number of morpholine rings is 1. The molecule has 0 saturated carbocycles. The molecule has 150 valence electrons. The monoisotopic (exact) mass is 383 g/mol. The van der Waals surface area contributed by atoms with E-state index in [-0.39, 0.29) is 5.91 Å². The number of nitrogens with one attached hydrogen (secondary N) is 1. The van der Waals surface area contributed by atoms with Crippen LogP contribution in [0, 0.1) is 0 Å². The predicted molar refractivity (Wildman–Crippen MR) is 111 cm³/mol. The Labute approximate surface area is 166 Å². The zero-order chi connectivity index (χ0) is 19.8. The summed E-state index contributed by atoms with van der Waals surface area (Å²) in [5.74, 6) is 0.561. The summed E-state index contributed by atoms with van der Waals surface area (Å²) in [7, 11) is 0. The maximum Gasteiger partial charge on any atom is 0.274 e. The number of carbonyl (C=O) groups is 1. The molecule has 1 aromatic heterocycles. The first-order valence-corrected chi connectivity index (χ1v) is 10.0. The molecule has 0 spiro atoms. The third-order valence-corrected chi connectivity index (χ3v) is 4.68. The lowest BCUT2D eigenvalue weighted by Gasteiger charge is -2.30. The highest BCUT2D eigenvalue weighted by Gasteiger charge is 2.17. The fraction of sp³-hybridized carbons (Fsp3) is 0.476. The third kappa shape index (κ3) is 4.98. The van der Waals surface area contributed by atoms with Crippen molar-refractivity contribution in [2.24, 2.45) is 0 Å². The first kappa shape index (κ1) is 20.1. The molecule has 7 heteroatoms. The molecule has 1 saturated heterocycles. The molecule has 2 heterocycles. The molecule has 1 aliphatic rings. The summed E-state index contributed by atoms with van der Waals surface area (Å²) in [4.78, 5) is 16.8. The van der Waals surface area contributed by atoms with Gasteiger partial charge in [-0.25, -0.2) is 0 Å². The van der Waals surface area contributed by atoms with E-state index in [1.165, 1.54) is 0 Å². The van der Waals surface area contributed by atoms with E-state index in [1.54, 1.807) is 6.07 Å². The second-order valence-corrected chi connectivity index (χ2v) is 6.84. The van der Waals surface area contributed by atoms with Crippen molar-refractivity contribution in [2.45, 2.75) is 26.7 Å². The van der Waals surface area contributed by atoms with Crippen LogP contribution in [0.15, 0.2) is 36.4 Å². The third-order valence-electron chi connectivity index (χ3n) is 4.68. The van der Waals surface area contributed by atoms with Crippen LogP contribution in [0.2, 0.25) is 0 Å². The van der Waals surface area contributed by atoms with Crippen molar-refractivity contribution in [3.05, 3.63) is 42.1 Å². The van der Waals surface area contributed by atoms with Crippen molar-refractivity contribution in [3.8, 4) is 0 Å². The highest BCUT2D eigenvalue weighted by Crippen LogP contribution is 2.28. The molecule has 1 aliphatic heterocycles. The van der Waals surface area contributed by atoms with E-state index in [0.717, 1.165) is 63.6 Å². The summed E-state index contributed by atoms with van der Waals surface area (Å²) in [6, 6.07) is 11.7. The van der Waals surface area contributed by atoms with Gasteiger partial charge in [0.05, 0.1) is 24.6 Å². The number of rotatable bonds is 8. The number of amides is 1. The van der Waals surface area contributed by atoms with Gasteiger partial charge in [0.2, 0.25) is 0 Å². The summed E-state index contributed by atoms with van der Waals surface area (Å²) in [5, 5.41) is 11.7.